The van der Waals surface area contributed by atoms with Gasteiger partial charge in [0.05, 0.1) is 22.8 Å². The maximum absolute atomic E-state index is 3.71. The van der Waals surface area contributed by atoms with E-state index in [-0.39, 0.29) is 16.2 Å². The van der Waals surface area contributed by atoms with Crippen molar-refractivity contribution in [1.82, 2.24) is 4.57 Å². The monoisotopic (exact) mass is 386 g/mol. The summed E-state index contributed by atoms with van der Waals surface area (Å²) in [6, 6.07) is 12.2. The number of fused-ring (bicyclic) bond motifs is 3. The van der Waals surface area contributed by atoms with E-state index < -0.39 is 0 Å². The number of rotatable bonds is 1. The molecule has 3 aromatic rings. The molecule has 0 spiro atoms. The zero-order valence-electron chi connectivity index (χ0n) is 19.3. The van der Waals surface area contributed by atoms with Gasteiger partial charge in [0.15, 0.2) is 0 Å². The van der Waals surface area contributed by atoms with Gasteiger partial charge in [0, 0.05) is 5.41 Å². The molecule has 1 aliphatic heterocycles. The van der Waals surface area contributed by atoms with Crippen LogP contribution in [-0.2, 0) is 16.2 Å². The van der Waals surface area contributed by atoms with Gasteiger partial charge in [-0.1, -0.05) is 71.9 Å². The Bertz CT molecular complexity index is 1150. The lowest BCUT2D eigenvalue weighted by Gasteiger charge is -2.45. The van der Waals surface area contributed by atoms with Gasteiger partial charge in [-0.25, -0.2) is 0 Å². The summed E-state index contributed by atoms with van der Waals surface area (Å²) in [6.07, 6.45) is 6.20. The lowest BCUT2D eigenvalue weighted by molar-refractivity contribution is -0.576. The first-order valence-corrected chi connectivity index (χ1v) is 11.1. The van der Waals surface area contributed by atoms with Gasteiger partial charge in [0.2, 0.25) is 6.33 Å². The normalized spacial score (nSPS) is 20.6. The van der Waals surface area contributed by atoms with Crippen molar-refractivity contribution < 1.29 is 4.57 Å². The molecule has 0 fully saturated rings. The van der Waals surface area contributed by atoms with Crippen molar-refractivity contribution in [3.63, 3.8) is 0 Å². The minimum absolute atomic E-state index is 0.0292. The fourth-order valence-corrected chi connectivity index (χ4v) is 5.68. The zero-order chi connectivity index (χ0) is 20.9. The topological polar surface area (TPSA) is 8.81 Å². The molecule has 0 atom stereocenters. The molecule has 29 heavy (non-hydrogen) atoms. The van der Waals surface area contributed by atoms with Gasteiger partial charge in [-0.2, -0.15) is 0 Å². The molecule has 2 heterocycles. The van der Waals surface area contributed by atoms with Gasteiger partial charge in [-0.15, -0.1) is 0 Å². The molecule has 152 valence electrons. The fourth-order valence-electron chi connectivity index (χ4n) is 5.68. The summed E-state index contributed by atoms with van der Waals surface area (Å²) < 4.78 is 4.65. The van der Waals surface area contributed by atoms with Crippen LogP contribution in [0.5, 0.6) is 0 Å². The Hall–Kier alpha value is -2.09. The van der Waals surface area contributed by atoms with Gasteiger partial charge in [-0.3, -0.25) is 0 Å². The van der Waals surface area contributed by atoms with Crippen LogP contribution in [0.25, 0.3) is 16.7 Å². The number of hydrogen-bond donors (Lipinski definition) is 0. The molecular weight excluding hydrogens is 352 g/mol. The Morgan fingerprint density at radius 1 is 0.862 bits per heavy atom. The first kappa shape index (κ1) is 18.9. The molecule has 0 unspecified atom stereocenters. The molecule has 1 aromatic heterocycles. The second-order valence-corrected chi connectivity index (χ2v) is 11.4. The van der Waals surface area contributed by atoms with E-state index in [2.05, 4.69) is 101 Å². The van der Waals surface area contributed by atoms with Crippen LogP contribution in [0.3, 0.4) is 0 Å². The van der Waals surface area contributed by atoms with Crippen LogP contribution in [0.15, 0.2) is 30.3 Å². The van der Waals surface area contributed by atoms with Gasteiger partial charge in [0.1, 0.15) is 0 Å². The van der Waals surface area contributed by atoms with Crippen molar-refractivity contribution in [2.75, 3.05) is 0 Å². The van der Waals surface area contributed by atoms with Crippen molar-refractivity contribution in [3.05, 3.63) is 58.9 Å². The molecule has 0 radical (unpaired) electrons. The van der Waals surface area contributed by atoms with Crippen molar-refractivity contribution in [3.8, 4) is 5.69 Å². The molecule has 5 rings (SSSR count). The van der Waals surface area contributed by atoms with E-state index in [1.807, 2.05) is 0 Å². The van der Waals surface area contributed by atoms with E-state index in [0.29, 0.717) is 6.04 Å². The van der Waals surface area contributed by atoms with Crippen molar-refractivity contribution in [2.24, 2.45) is 0 Å². The Morgan fingerprint density at radius 2 is 1.48 bits per heavy atom. The maximum atomic E-state index is 3.71. The second-order valence-electron chi connectivity index (χ2n) is 11.4. The Morgan fingerprint density at radius 3 is 2.10 bits per heavy atom. The van der Waals surface area contributed by atoms with Crippen LogP contribution in [-0.4, -0.2) is 4.57 Å². The molecule has 1 aliphatic carbocycles. The molecular formula is C27H34N2. The Labute approximate surface area is 175 Å². The first-order chi connectivity index (χ1) is 13.4. The molecule has 2 heteroatoms. The van der Waals surface area contributed by atoms with Gasteiger partial charge < -0.3 is 9.13 Å². The van der Waals surface area contributed by atoms with Crippen molar-refractivity contribution in [1.29, 1.82) is 0 Å². The number of imidazole rings is 1. The highest BCUT2D eigenvalue weighted by atomic mass is 15.2. The predicted octanol–water partition coefficient (Wildman–Crippen LogP) is 6.29. The van der Waals surface area contributed by atoms with Crippen LogP contribution in [0.1, 0.15) is 96.5 Å². The summed E-state index contributed by atoms with van der Waals surface area (Å²) in [5, 5.41) is 0. The Kier molecular flexibility index (Phi) is 3.61. The molecule has 2 aromatic carbocycles. The SMILES string of the molecule is CC(C)n1[c-][n+]2c3c(cccc31)C(C)(C)c1cc3c(cc1-2)C(C)(C)CCC3(C)C. The first-order valence-electron chi connectivity index (χ1n) is 11.1. The van der Waals surface area contributed by atoms with E-state index in [0.717, 1.165) is 0 Å². The summed E-state index contributed by atoms with van der Waals surface area (Å²) in [6.45, 7) is 18.9. The highest BCUT2D eigenvalue weighted by Crippen LogP contribution is 2.50. The summed E-state index contributed by atoms with van der Waals surface area (Å²) in [7, 11) is 0. The zero-order valence-corrected chi connectivity index (χ0v) is 19.3. The lowest BCUT2D eigenvalue weighted by Crippen LogP contribution is -2.43. The molecule has 2 nitrogen and oxygen atoms in total. The van der Waals surface area contributed by atoms with Crippen molar-refractivity contribution >= 4 is 11.0 Å². The maximum Gasteiger partial charge on any atom is 0.244 e. The standard InChI is InChI=1S/C27H34N2/c1-17(2)28-16-29-23-15-20-19(25(3,4)12-13-26(20,5)6)14-21(23)27(7,8)18-10-9-11-22(28)24(18)29/h9-11,14-15,17H,12-13H2,1-8H3. The van der Waals surface area contributed by atoms with Crippen molar-refractivity contribution in [2.45, 2.75) is 90.5 Å². The molecule has 0 saturated heterocycles. The van der Waals surface area contributed by atoms with E-state index in [1.165, 1.54) is 46.3 Å². The van der Waals surface area contributed by atoms with Crippen LogP contribution in [0.2, 0.25) is 0 Å². The van der Waals surface area contributed by atoms with Crippen LogP contribution in [0.4, 0.5) is 0 Å². The molecule has 0 N–H and O–H groups in total. The third-order valence-electron chi connectivity index (χ3n) is 7.78. The minimum Gasteiger partial charge on any atom is -0.319 e. The molecule has 0 bridgehead atoms. The van der Waals surface area contributed by atoms with E-state index in [9.17, 15) is 0 Å². The smallest absolute Gasteiger partial charge is 0.244 e. The third kappa shape index (κ3) is 2.38. The van der Waals surface area contributed by atoms with E-state index in [4.69, 9.17) is 0 Å². The van der Waals surface area contributed by atoms with E-state index >= 15 is 0 Å². The lowest BCUT2D eigenvalue weighted by atomic mass is 9.61. The fraction of sp³-hybridized carbons (Fsp3) is 0.519. The van der Waals surface area contributed by atoms with Gasteiger partial charge >= 0.3 is 0 Å². The Balaban J connectivity index is 1.92. The number of nitrogens with zero attached hydrogens (tertiary/aromatic N) is 2. The minimum atomic E-state index is -0.0292. The highest BCUT2D eigenvalue weighted by molar-refractivity contribution is 5.80. The third-order valence-corrected chi connectivity index (χ3v) is 7.78. The largest absolute Gasteiger partial charge is 0.319 e. The van der Waals surface area contributed by atoms with Gasteiger partial charge in [0.25, 0.3) is 0 Å². The average Bonchev–Trinajstić information content (AvgIpc) is 3.04. The summed E-state index contributed by atoms with van der Waals surface area (Å²) >= 11 is 0. The number of benzene rings is 2. The number of para-hydroxylation sites is 1. The highest BCUT2D eigenvalue weighted by Gasteiger charge is 2.41. The molecule has 0 amide bonds. The van der Waals surface area contributed by atoms with Crippen LogP contribution < -0.4 is 4.57 Å². The van der Waals surface area contributed by atoms with Crippen LogP contribution in [0, 0.1) is 6.33 Å². The number of hydrogen-bond acceptors (Lipinski definition) is 0. The second kappa shape index (κ2) is 5.53. The molecule has 0 saturated carbocycles. The van der Waals surface area contributed by atoms with Crippen LogP contribution >= 0.6 is 0 Å². The number of aromatic nitrogens is 2. The van der Waals surface area contributed by atoms with E-state index in [1.54, 1.807) is 5.56 Å². The molecule has 2 aliphatic rings. The summed E-state index contributed by atoms with van der Waals surface area (Å²) in [5.74, 6) is 0. The summed E-state index contributed by atoms with van der Waals surface area (Å²) in [5.41, 5.74) is 10.2. The van der Waals surface area contributed by atoms with Gasteiger partial charge in [-0.05, 0) is 59.8 Å². The summed E-state index contributed by atoms with van der Waals surface area (Å²) in [4.78, 5) is 0. The quantitative estimate of drug-likeness (QED) is 0.343. The predicted molar refractivity (Wildman–Crippen MR) is 120 cm³/mol. The average molecular weight is 387 g/mol.